The average molecular weight is 478 g/mol. The van der Waals surface area contributed by atoms with Gasteiger partial charge in [0, 0.05) is 68.9 Å². The molecule has 0 unspecified atom stereocenters. The molecule has 9 heteroatoms. The van der Waals surface area contributed by atoms with Crippen molar-refractivity contribution in [2.24, 2.45) is 0 Å². The third-order valence-corrected chi connectivity index (χ3v) is 7.43. The van der Waals surface area contributed by atoms with Crippen LogP contribution in [0.25, 0.3) is 10.6 Å². The highest BCUT2D eigenvalue weighted by Crippen LogP contribution is 2.30. The van der Waals surface area contributed by atoms with Crippen molar-refractivity contribution in [1.82, 2.24) is 14.8 Å². The van der Waals surface area contributed by atoms with Crippen molar-refractivity contribution in [3.63, 3.8) is 0 Å². The molecule has 0 saturated carbocycles. The number of carbonyl (C=O) groups excluding carboxylic acids is 1. The van der Waals surface area contributed by atoms with Crippen LogP contribution in [0.1, 0.15) is 28.9 Å². The Bertz CT molecular complexity index is 1170. The second-order valence-electron chi connectivity index (χ2n) is 8.73. The minimum absolute atomic E-state index is 0.0392. The van der Waals surface area contributed by atoms with E-state index in [2.05, 4.69) is 27.3 Å². The third kappa shape index (κ3) is 4.80. The molecule has 2 fully saturated rings. The van der Waals surface area contributed by atoms with E-state index < -0.39 is 4.92 Å². The third-order valence-electron chi connectivity index (χ3n) is 6.49. The van der Waals surface area contributed by atoms with Gasteiger partial charge in [-0.25, -0.2) is 4.98 Å². The van der Waals surface area contributed by atoms with E-state index in [4.69, 9.17) is 4.98 Å². The number of piperazine rings is 1. The molecule has 0 atom stereocenters. The summed E-state index contributed by atoms with van der Waals surface area (Å²) in [5.41, 5.74) is 3.38. The van der Waals surface area contributed by atoms with Gasteiger partial charge in [-0.1, -0.05) is 30.3 Å². The first-order chi connectivity index (χ1) is 16.6. The standard InChI is InChI=1S/C25H27N5O3S/c31-25(22-16-21(30(32)33)8-9-23(22)28-10-4-5-11-28)29-14-12-27(13-15-29)17-20-18-34-24(26-20)19-6-2-1-3-7-19/h1-3,6-9,16,18H,4-5,10-15,17H2. The second-order valence-corrected chi connectivity index (χ2v) is 9.59. The van der Waals surface area contributed by atoms with Crippen molar-refractivity contribution in [1.29, 1.82) is 0 Å². The maximum absolute atomic E-state index is 13.4. The Hall–Kier alpha value is -3.30. The highest BCUT2D eigenvalue weighted by Gasteiger charge is 2.28. The first-order valence-corrected chi connectivity index (χ1v) is 12.5. The Kier molecular flexibility index (Phi) is 6.55. The summed E-state index contributed by atoms with van der Waals surface area (Å²) in [4.78, 5) is 35.4. The Morgan fingerprint density at radius 2 is 1.74 bits per heavy atom. The van der Waals surface area contributed by atoms with Gasteiger partial charge >= 0.3 is 0 Å². The second kappa shape index (κ2) is 9.90. The number of nitro groups is 1. The molecule has 2 aromatic carbocycles. The predicted molar refractivity (Wildman–Crippen MR) is 133 cm³/mol. The summed E-state index contributed by atoms with van der Waals surface area (Å²) >= 11 is 1.65. The Morgan fingerprint density at radius 1 is 1.00 bits per heavy atom. The zero-order valence-corrected chi connectivity index (χ0v) is 19.7. The van der Waals surface area contributed by atoms with Gasteiger partial charge in [0.1, 0.15) is 5.01 Å². The number of hydrogen-bond donors (Lipinski definition) is 0. The number of carbonyl (C=O) groups is 1. The number of anilines is 1. The summed E-state index contributed by atoms with van der Waals surface area (Å²) in [7, 11) is 0. The molecule has 0 radical (unpaired) electrons. The van der Waals surface area contributed by atoms with E-state index in [-0.39, 0.29) is 11.6 Å². The van der Waals surface area contributed by atoms with Gasteiger partial charge in [0.25, 0.3) is 11.6 Å². The molecule has 3 heterocycles. The summed E-state index contributed by atoms with van der Waals surface area (Å²) in [5.74, 6) is -0.120. The summed E-state index contributed by atoms with van der Waals surface area (Å²) < 4.78 is 0. The van der Waals surface area contributed by atoms with Gasteiger partial charge in [0.05, 0.1) is 21.9 Å². The molecular weight excluding hydrogens is 450 g/mol. The highest BCUT2D eigenvalue weighted by molar-refractivity contribution is 7.13. The van der Waals surface area contributed by atoms with Crippen molar-refractivity contribution in [2.45, 2.75) is 19.4 Å². The van der Waals surface area contributed by atoms with Gasteiger partial charge in [0.15, 0.2) is 0 Å². The van der Waals surface area contributed by atoms with Crippen molar-refractivity contribution in [3.8, 4) is 10.6 Å². The molecule has 0 N–H and O–H groups in total. The number of nitro benzene ring substituents is 1. The van der Waals surface area contributed by atoms with E-state index in [0.717, 1.165) is 67.5 Å². The van der Waals surface area contributed by atoms with Crippen LogP contribution in [0.3, 0.4) is 0 Å². The topological polar surface area (TPSA) is 82.8 Å². The van der Waals surface area contributed by atoms with Crippen LogP contribution in [0.4, 0.5) is 11.4 Å². The summed E-state index contributed by atoms with van der Waals surface area (Å²) in [6.07, 6.45) is 2.15. The Labute approximate surface area is 202 Å². The molecule has 34 heavy (non-hydrogen) atoms. The number of aromatic nitrogens is 1. The van der Waals surface area contributed by atoms with Gasteiger partial charge in [0.2, 0.25) is 0 Å². The monoisotopic (exact) mass is 477 g/mol. The van der Waals surface area contributed by atoms with Gasteiger partial charge in [-0.05, 0) is 18.9 Å². The van der Waals surface area contributed by atoms with Crippen LogP contribution in [0.5, 0.6) is 0 Å². The van der Waals surface area contributed by atoms with Gasteiger partial charge in [-0.3, -0.25) is 19.8 Å². The fraction of sp³-hybridized carbons (Fsp3) is 0.360. The fourth-order valence-electron chi connectivity index (χ4n) is 4.64. The number of hydrogen-bond acceptors (Lipinski definition) is 7. The molecule has 5 rings (SSSR count). The summed E-state index contributed by atoms with van der Waals surface area (Å²) in [5, 5.41) is 14.5. The molecule has 0 aliphatic carbocycles. The minimum Gasteiger partial charge on any atom is -0.371 e. The average Bonchev–Trinajstić information content (AvgIpc) is 3.57. The van der Waals surface area contributed by atoms with E-state index in [9.17, 15) is 14.9 Å². The molecule has 2 aliphatic heterocycles. The van der Waals surface area contributed by atoms with Crippen molar-refractivity contribution >= 4 is 28.6 Å². The minimum atomic E-state index is -0.431. The van der Waals surface area contributed by atoms with Gasteiger partial charge in [-0.2, -0.15) is 0 Å². The van der Waals surface area contributed by atoms with E-state index in [1.54, 1.807) is 17.4 Å². The predicted octanol–water partition coefficient (Wildman–Crippen LogP) is 4.28. The number of non-ortho nitro benzene ring substituents is 1. The Morgan fingerprint density at radius 3 is 2.44 bits per heavy atom. The lowest BCUT2D eigenvalue weighted by molar-refractivity contribution is -0.384. The number of amides is 1. The first kappa shape index (κ1) is 22.5. The van der Waals surface area contributed by atoms with E-state index in [1.165, 1.54) is 12.1 Å². The summed E-state index contributed by atoms with van der Waals surface area (Å²) in [6.45, 7) is 5.19. The van der Waals surface area contributed by atoms with E-state index >= 15 is 0 Å². The molecule has 0 spiro atoms. The number of nitrogens with zero attached hydrogens (tertiary/aromatic N) is 5. The maximum Gasteiger partial charge on any atom is 0.270 e. The zero-order valence-electron chi connectivity index (χ0n) is 18.9. The lowest BCUT2D eigenvalue weighted by atomic mass is 10.1. The smallest absolute Gasteiger partial charge is 0.270 e. The molecule has 1 aromatic heterocycles. The quantitative estimate of drug-likeness (QED) is 0.389. The van der Waals surface area contributed by atoms with Crippen LogP contribution in [0, 0.1) is 10.1 Å². The van der Waals surface area contributed by atoms with Crippen LogP contribution in [-0.2, 0) is 6.54 Å². The lowest BCUT2D eigenvalue weighted by Gasteiger charge is -2.35. The van der Waals surface area contributed by atoms with E-state index in [1.807, 2.05) is 23.1 Å². The van der Waals surface area contributed by atoms with Crippen LogP contribution < -0.4 is 4.90 Å². The molecule has 8 nitrogen and oxygen atoms in total. The first-order valence-electron chi connectivity index (χ1n) is 11.6. The van der Waals surface area contributed by atoms with Gasteiger partial charge in [-0.15, -0.1) is 11.3 Å². The molecule has 2 aliphatic rings. The van der Waals surface area contributed by atoms with E-state index in [0.29, 0.717) is 18.7 Å². The van der Waals surface area contributed by atoms with Crippen LogP contribution in [0.2, 0.25) is 0 Å². The van der Waals surface area contributed by atoms with Crippen molar-refractivity contribution in [2.75, 3.05) is 44.2 Å². The zero-order chi connectivity index (χ0) is 23.5. The van der Waals surface area contributed by atoms with Gasteiger partial charge < -0.3 is 9.80 Å². The molecule has 1 amide bonds. The van der Waals surface area contributed by atoms with Crippen LogP contribution in [-0.4, -0.2) is 64.9 Å². The normalized spacial score (nSPS) is 16.7. The lowest BCUT2D eigenvalue weighted by Crippen LogP contribution is -2.48. The number of thiazole rings is 1. The van der Waals surface area contributed by atoms with Crippen molar-refractivity contribution < 1.29 is 9.72 Å². The van der Waals surface area contributed by atoms with Crippen LogP contribution in [0.15, 0.2) is 53.9 Å². The maximum atomic E-state index is 13.4. The van der Waals surface area contributed by atoms with Crippen LogP contribution >= 0.6 is 11.3 Å². The fourth-order valence-corrected chi connectivity index (χ4v) is 5.46. The number of benzene rings is 2. The number of rotatable bonds is 6. The molecule has 176 valence electrons. The Balaban J connectivity index is 1.24. The molecule has 0 bridgehead atoms. The van der Waals surface area contributed by atoms with Crippen molar-refractivity contribution in [3.05, 3.63) is 75.3 Å². The largest absolute Gasteiger partial charge is 0.371 e. The SMILES string of the molecule is O=C(c1cc([N+](=O)[O-])ccc1N1CCCC1)N1CCN(Cc2csc(-c3ccccc3)n2)CC1. The summed E-state index contributed by atoms with van der Waals surface area (Å²) in [6, 6.07) is 14.9. The highest BCUT2D eigenvalue weighted by atomic mass is 32.1. The molecule has 3 aromatic rings. The molecular formula is C25H27N5O3S. The molecule has 2 saturated heterocycles.